The molecule has 1 saturated carbocycles. The fourth-order valence-corrected chi connectivity index (χ4v) is 5.54. The maximum atomic E-state index is 5.91. The van der Waals surface area contributed by atoms with Gasteiger partial charge in [-0.3, -0.25) is 4.90 Å². The van der Waals surface area contributed by atoms with Crippen LogP contribution in [0.1, 0.15) is 26.7 Å². The molecule has 1 aromatic heterocycles. The van der Waals surface area contributed by atoms with Crippen molar-refractivity contribution in [3.63, 3.8) is 0 Å². The third-order valence-electron chi connectivity index (χ3n) is 7.35. The van der Waals surface area contributed by atoms with Gasteiger partial charge >= 0.3 is 0 Å². The van der Waals surface area contributed by atoms with Gasteiger partial charge in [0.15, 0.2) is 0 Å². The second kappa shape index (κ2) is 8.47. The van der Waals surface area contributed by atoms with Gasteiger partial charge < -0.3 is 14.5 Å². The van der Waals surface area contributed by atoms with Crippen LogP contribution in [0.25, 0.3) is 22.2 Å². The molecule has 0 radical (unpaired) electrons. The van der Waals surface area contributed by atoms with Gasteiger partial charge in [-0.15, -0.1) is 0 Å². The highest BCUT2D eigenvalue weighted by atomic mass is 16.5. The predicted molar refractivity (Wildman–Crippen MR) is 134 cm³/mol. The van der Waals surface area contributed by atoms with Crippen LogP contribution in [-0.4, -0.2) is 58.8 Å². The van der Waals surface area contributed by atoms with E-state index in [4.69, 9.17) is 9.72 Å². The normalized spacial score (nSPS) is 27.8. The van der Waals surface area contributed by atoms with E-state index in [0.29, 0.717) is 24.3 Å². The second-order valence-corrected chi connectivity index (χ2v) is 9.85. The quantitative estimate of drug-likeness (QED) is 0.564. The van der Waals surface area contributed by atoms with Crippen LogP contribution in [0.15, 0.2) is 73.1 Å². The van der Waals surface area contributed by atoms with Gasteiger partial charge in [0.25, 0.3) is 0 Å². The van der Waals surface area contributed by atoms with Gasteiger partial charge in [-0.25, -0.2) is 4.98 Å². The number of rotatable bonds is 4. The minimum Gasteiger partial charge on any atom is -0.373 e. The Balaban J connectivity index is 1.12. The van der Waals surface area contributed by atoms with Crippen molar-refractivity contribution in [3.8, 4) is 11.3 Å². The number of anilines is 1. The summed E-state index contributed by atoms with van der Waals surface area (Å²) in [5.74, 6) is 0. The smallest absolute Gasteiger partial charge is 0.0944 e. The lowest BCUT2D eigenvalue weighted by atomic mass is 9.84. The molecule has 5 nitrogen and oxygen atoms in total. The van der Waals surface area contributed by atoms with Crippen molar-refractivity contribution in [1.29, 1.82) is 0 Å². The van der Waals surface area contributed by atoms with Crippen molar-refractivity contribution in [2.45, 2.75) is 51.0 Å². The van der Waals surface area contributed by atoms with Crippen molar-refractivity contribution in [3.05, 3.63) is 73.1 Å². The molecule has 3 aromatic rings. The van der Waals surface area contributed by atoms with Gasteiger partial charge in [-0.1, -0.05) is 42.5 Å². The Labute approximate surface area is 196 Å². The number of morpholine rings is 1. The Kier molecular flexibility index (Phi) is 5.31. The van der Waals surface area contributed by atoms with Crippen LogP contribution in [0.5, 0.6) is 0 Å². The monoisotopic (exact) mass is 440 g/mol. The maximum absolute atomic E-state index is 5.91. The Bertz CT molecular complexity index is 1150. The third kappa shape index (κ3) is 4.11. The molecule has 170 valence electrons. The third-order valence-corrected chi connectivity index (χ3v) is 7.35. The van der Waals surface area contributed by atoms with Crippen molar-refractivity contribution >= 4 is 16.6 Å². The molecule has 0 spiro atoms. The molecule has 0 amide bonds. The molecule has 3 heterocycles. The number of hydrogen-bond acceptors (Lipinski definition) is 5. The zero-order valence-electron chi connectivity index (χ0n) is 19.5. The summed E-state index contributed by atoms with van der Waals surface area (Å²) in [7, 11) is 0. The zero-order valence-corrected chi connectivity index (χ0v) is 19.5. The van der Waals surface area contributed by atoms with Crippen molar-refractivity contribution in [2.75, 3.05) is 24.7 Å². The fraction of sp³-hybridized carbons (Fsp3) is 0.393. The lowest BCUT2D eigenvalue weighted by molar-refractivity contribution is -0.0972. The van der Waals surface area contributed by atoms with Crippen LogP contribution < -0.4 is 4.90 Å². The summed E-state index contributed by atoms with van der Waals surface area (Å²) in [6.07, 6.45) is 7.67. The first-order chi connectivity index (χ1) is 16.1. The lowest BCUT2D eigenvalue weighted by Crippen LogP contribution is -2.58. The van der Waals surface area contributed by atoms with E-state index in [1.54, 1.807) is 0 Å². The number of fused-ring (bicyclic) bond motifs is 1. The van der Waals surface area contributed by atoms with Gasteiger partial charge in [0, 0.05) is 54.2 Å². The van der Waals surface area contributed by atoms with Crippen LogP contribution in [0.2, 0.25) is 0 Å². The molecule has 2 aliphatic heterocycles. The van der Waals surface area contributed by atoms with Gasteiger partial charge in [-0.2, -0.15) is 0 Å². The topological polar surface area (TPSA) is 31.8 Å². The zero-order chi connectivity index (χ0) is 22.4. The molecule has 6 rings (SSSR count). The molecule has 2 fully saturated rings. The van der Waals surface area contributed by atoms with Crippen LogP contribution >= 0.6 is 0 Å². The van der Waals surface area contributed by atoms with E-state index in [2.05, 4.69) is 95.5 Å². The summed E-state index contributed by atoms with van der Waals surface area (Å²) < 4.78 is 5.91. The molecule has 2 aromatic carbocycles. The van der Waals surface area contributed by atoms with Gasteiger partial charge in [0.1, 0.15) is 0 Å². The van der Waals surface area contributed by atoms with E-state index >= 15 is 0 Å². The van der Waals surface area contributed by atoms with Gasteiger partial charge in [0.05, 0.1) is 30.1 Å². The van der Waals surface area contributed by atoms with E-state index < -0.39 is 0 Å². The second-order valence-electron chi connectivity index (χ2n) is 9.85. The summed E-state index contributed by atoms with van der Waals surface area (Å²) >= 11 is 0. The van der Waals surface area contributed by atoms with Gasteiger partial charge in [-0.05, 0) is 44.9 Å². The first-order valence-electron chi connectivity index (χ1n) is 12.2. The van der Waals surface area contributed by atoms with Crippen LogP contribution in [0.3, 0.4) is 0 Å². The van der Waals surface area contributed by atoms with E-state index in [1.165, 1.54) is 23.9 Å². The predicted octanol–water partition coefficient (Wildman–Crippen LogP) is 5.09. The van der Waals surface area contributed by atoms with Crippen molar-refractivity contribution < 1.29 is 4.74 Å². The highest BCUT2D eigenvalue weighted by molar-refractivity contribution is 5.85. The Morgan fingerprint density at radius 1 is 0.848 bits per heavy atom. The number of ether oxygens (including phenoxy) is 1. The van der Waals surface area contributed by atoms with Gasteiger partial charge in [0.2, 0.25) is 0 Å². The molecular formula is C28H32N4O. The maximum Gasteiger partial charge on any atom is 0.0944 e. The summed E-state index contributed by atoms with van der Waals surface area (Å²) in [5, 5.41) is 1.18. The Morgan fingerprint density at radius 3 is 2.39 bits per heavy atom. The average Bonchev–Trinajstić information content (AvgIpc) is 3.27. The van der Waals surface area contributed by atoms with Crippen LogP contribution in [-0.2, 0) is 4.74 Å². The summed E-state index contributed by atoms with van der Waals surface area (Å²) in [6, 6.07) is 22.6. The van der Waals surface area contributed by atoms with Crippen LogP contribution in [0.4, 0.5) is 5.69 Å². The van der Waals surface area contributed by atoms with E-state index in [0.717, 1.165) is 36.5 Å². The number of benzene rings is 2. The molecule has 0 unspecified atom stereocenters. The SMILES string of the molecule is C[C@@H]1CN(C2CC(N3C=CN(c4ccc5ccc(-c6ccccc6)nc5c4)C3)C2)C[C@H](C)O1. The van der Waals surface area contributed by atoms with E-state index in [1.807, 2.05) is 6.07 Å². The van der Waals surface area contributed by atoms with E-state index in [9.17, 15) is 0 Å². The minimum absolute atomic E-state index is 0.346. The molecule has 1 saturated heterocycles. The average molecular weight is 441 g/mol. The standard InChI is InChI=1S/C28H32N4O/c1-20-17-32(18-21(2)33-20)26-14-25(15-26)31-13-12-30(19-31)24-10-8-23-9-11-27(29-28(23)16-24)22-6-4-3-5-7-22/h3-13,16,20-21,25-26H,14-15,17-19H2,1-2H3/t20-,21+,25?,26?. The lowest BCUT2D eigenvalue weighted by Gasteiger charge is -2.49. The van der Waals surface area contributed by atoms with Crippen molar-refractivity contribution in [2.24, 2.45) is 0 Å². The molecule has 3 aliphatic rings. The first-order valence-corrected chi connectivity index (χ1v) is 12.2. The fourth-order valence-electron chi connectivity index (χ4n) is 5.54. The van der Waals surface area contributed by atoms with E-state index in [-0.39, 0.29) is 0 Å². The molecule has 0 N–H and O–H groups in total. The minimum atomic E-state index is 0.346. The number of hydrogen-bond donors (Lipinski definition) is 0. The highest BCUT2D eigenvalue weighted by Gasteiger charge is 2.39. The number of nitrogens with zero attached hydrogens (tertiary/aromatic N) is 4. The first kappa shape index (κ1) is 20.7. The summed E-state index contributed by atoms with van der Waals surface area (Å²) in [5.41, 5.74) is 4.41. The van der Waals surface area contributed by atoms with Crippen LogP contribution in [0, 0.1) is 0 Å². The largest absolute Gasteiger partial charge is 0.373 e. The summed E-state index contributed by atoms with van der Waals surface area (Å²) in [6.45, 7) is 7.44. The molecule has 5 heteroatoms. The molecule has 0 bridgehead atoms. The Hall–Kier alpha value is -2.89. The highest BCUT2D eigenvalue weighted by Crippen LogP contribution is 2.35. The van der Waals surface area contributed by atoms with Crippen molar-refractivity contribution in [1.82, 2.24) is 14.8 Å². The molecule has 2 atom stereocenters. The molecule has 1 aliphatic carbocycles. The molecule has 33 heavy (non-hydrogen) atoms. The summed E-state index contributed by atoms with van der Waals surface area (Å²) in [4.78, 5) is 12.4. The molecular weight excluding hydrogens is 408 g/mol. The Morgan fingerprint density at radius 2 is 1.61 bits per heavy atom. The number of aromatic nitrogens is 1. The number of pyridine rings is 1.